The minimum atomic E-state index is -0.460. The maximum atomic E-state index is 12.3. The van der Waals surface area contributed by atoms with Crippen LogP contribution in [0.4, 0.5) is 4.79 Å². The van der Waals surface area contributed by atoms with Crippen molar-refractivity contribution >= 4 is 22.0 Å². The predicted octanol–water partition coefficient (Wildman–Crippen LogP) is 3.90. The van der Waals surface area contributed by atoms with Crippen molar-refractivity contribution in [2.24, 2.45) is 0 Å². The summed E-state index contributed by atoms with van der Waals surface area (Å²) in [6.45, 7) is 10.9. The maximum absolute atomic E-state index is 12.3. The van der Waals surface area contributed by atoms with Gasteiger partial charge in [0.2, 0.25) is 0 Å². The molecular weight excluding hydrogens is 372 g/mol. The Morgan fingerprint density at radius 1 is 1.33 bits per heavy atom. The average molecular weight is 399 g/mol. The summed E-state index contributed by atoms with van der Waals surface area (Å²) in [6.07, 6.45) is -0.226. The summed E-state index contributed by atoms with van der Waals surface area (Å²) in [7, 11) is 1.69. The Kier molecular flexibility index (Phi) is 6.15. The van der Waals surface area contributed by atoms with Crippen molar-refractivity contribution in [3.05, 3.63) is 28.2 Å². The zero-order valence-electron chi connectivity index (χ0n) is 15.1. The van der Waals surface area contributed by atoms with Crippen LogP contribution in [0.1, 0.15) is 33.3 Å². The van der Waals surface area contributed by atoms with Gasteiger partial charge in [0.15, 0.2) is 0 Å². The van der Waals surface area contributed by atoms with Crippen LogP contribution in [0.2, 0.25) is 0 Å². The molecule has 0 spiro atoms. The van der Waals surface area contributed by atoms with Crippen LogP contribution in [0.5, 0.6) is 5.75 Å². The van der Waals surface area contributed by atoms with E-state index in [2.05, 4.69) is 33.8 Å². The molecule has 134 valence electrons. The number of amides is 1. The van der Waals surface area contributed by atoms with E-state index in [0.717, 1.165) is 35.4 Å². The van der Waals surface area contributed by atoms with Crippen molar-refractivity contribution in [2.75, 3.05) is 26.7 Å². The van der Waals surface area contributed by atoms with Gasteiger partial charge in [-0.2, -0.15) is 0 Å². The standard InChI is InChI=1S/C18H27BrN2O3/c1-13-11-20(8-9-21(13)17(22)24-18(2,3)4)12-14-6-7-15(19)10-16(14)23-5/h6-7,10,13H,8-9,11-12H2,1-5H3/t13-/m0/s1. The molecule has 0 unspecified atom stereocenters. The van der Waals surface area contributed by atoms with Crippen LogP contribution in [0.15, 0.2) is 22.7 Å². The lowest BCUT2D eigenvalue weighted by Gasteiger charge is -2.40. The molecule has 0 aliphatic carbocycles. The molecule has 0 saturated carbocycles. The van der Waals surface area contributed by atoms with E-state index >= 15 is 0 Å². The lowest BCUT2D eigenvalue weighted by Crippen LogP contribution is -2.54. The fourth-order valence-electron chi connectivity index (χ4n) is 2.86. The highest BCUT2D eigenvalue weighted by atomic mass is 79.9. The van der Waals surface area contributed by atoms with E-state index in [-0.39, 0.29) is 12.1 Å². The Morgan fingerprint density at radius 3 is 2.62 bits per heavy atom. The minimum absolute atomic E-state index is 0.120. The first-order valence-corrected chi connectivity index (χ1v) is 9.03. The number of nitrogens with zero attached hydrogens (tertiary/aromatic N) is 2. The zero-order valence-corrected chi connectivity index (χ0v) is 16.7. The van der Waals surface area contributed by atoms with Gasteiger partial charge in [0.25, 0.3) is 0 Å². The molecule has 6 heteroatoms. The van der Waals surface area contributed by atoms with Crippen molar-refractivity contribution in [1.82, 2.24) is 9.80 Å². The van der Waals surface area contributed by atoms with Gasteiger partial charge < -0.3 is 14.4 Å². The third-order valence-electron chi connectivity index (χ3n) is 3.98. The van der Waals surface area contributed by atoms with E-state index in [1.807, 2.05) is 37.8 Å². The molecule has 24 heavy (non-hydrogen) atoms. The minimum Gasteiger partial charge on any atom is -0.496 e. The molecule has 1 aromatic rings. The number of hydrogen-bond donors (Lipinski definition) is 0. The Balaban J connectivity index is 1.97. The molecule has 0 N–H and O–H groups in total. The molecule has 1 amide bonds. The van der Waals surface area contributed by atoms with Crippen molar-refractivity contribution < 1.29 is 14.3 Å². The third-order valence-corrected chi connectivity index (χ3v) is 4.48. The van der Waals surface area contributed by atoms with Gasteiger partial charge in [-0.1, -0.05) is 22.0 Å². The molecule has 1 saturated heterocycles. The Morgan fingerprint density at radius 2 is 2.04 bits per heavy atom. The number of benzene rings is 1. The second-order valence-electron chi connectivity index (χ2n) is 7.21. The van der Waals surface area contributed by atoms with E-state index in [0.29, 0.717) is 6.54 Å². The van der Waals surface area contributed by atoms with Crippen LogP contribution in [0.3, 0.4) is 0 Å². The monoisotopic (exact) mass is 398 g/mol. The number of piperazine rings is 1. The highest BCUT2D eigenvalue weighted by Crippen LogP contribution is 2.26. The van der Waals surface area contributed by atoms with Crippen molar-refractivity contribution in [2.45, 2.75) is 45.9 Å². The molecule has 0 aromatic heterocycles. The first-order valence-electron chi connectivity index (χ1n) is 8.24. The summed E-state index contributed by atoms with van der Waals surface area (Å²) in [5, 5.41) is 0. The number of methoxy groups -OCH3 is 1. The Labute approximate surface area is 153 Å². The van der Waals surface area contributed by atoms with E-state index in [1.54, 1.807) is 7.11 Å². The predicted molar refractivity (Wildman–Crippen MR) is 98.4 cm³/mol. The fraction of sp³-hybridized carbons (Fsp3) is 0.611. The summed E-state index contributed by atoms with van der Waals surface area (Å²) < 4.78 is 12.0. The summed E-state index contributed by atoms with van der Waals surface area (Å²) in [5.74, 6) is 0.881. The fourth-order valence-corrected chi connectivity index (χ4v) is 3.20. The number of halogens is 1. The maximum Gasteiger partial charge on any atom is 0.410 e. The van der Waals surface area contributed by atoms with Crippen LogP contribution >= 0.6 is 15.9 Å². The van der Waals surface area contributed by atoms with Crippen LogP contribution in [-0.4, -0.2) is 54.3 Å². The Bertz CT molecular complexity index is 586. The average Bonchev–Trinajstić information content (AvgIpc) is 2.47. The molecule has 1 heterocycles. The smallest absolute Gasteiger partial charge is 0.410 e. The van der Waals surface area contributed by atoms with Gasteiger partial charge >= 0.3 is 6.09 Å². The van der Waals surface area contributed by atoms with Gasteiger partial charge in [0, 0.05) is 42.3 Å². The molecule has 1 atom stereocenters. The third kappa shape index (κ3) is 5.11. The number of hydrogen-bond acceptors (Lipinski definition) is 4. The second-order valence-corrected chi connectivity index (χ2v) is 8.13. The normalized spacial score (nSPS) is 19.2. The van der Waals surface area contributed by atoms with Crippen molar-refractivity contribution in [3.8, 4) is 5.75 Å². The van der Waals surface area contributed by atoms with E-state index in [4.69, 9.17) is 9.47 Å². The number of carbonyl (C=O) groups excluding carboxylic acids is 1. The highest BCUT2D eigenvalue weighted by molar-refractivity contribution is 9.10. The van der Waals surface area contributed by atoms with Crippen LogP contribution < -0.4 is 4.74 Å². The van der Waals surface area contributed by atoms with Gasteiger partial charge in [-0.15, -0.1) is 0 Å². The molecular formula is C18H27BrN2O3. The van der Waals surface area contributed by atoms with Crippen molar-refractivity contribution in [1.29, 1.82) is 0 Å². The first-order chi connectivity index (χ1) is 11.2. The molecule has 5 nitrogen and oxygen atoms in total. The van der Waals surface area contributed by atoms with E-state index in [9.17, 15) is 4.79 Å². The van der Waals surface area contributed by atoms with E-state index in [1.165, 1.54) is 0 Å². The topological polar surface area (TPSA) is 42.0 Å². The van der Waals surface area contributed by atoms with Gasteiger partial charge in [-0.05, 0) is 39.8 Å². The van der Waals surface area contributed by atoms with Gasteiger partial charge in [0.05, 0.1) is 7.11 Å². The lowest BCUT2D eigenvalue weighted by molar-refractivity contribution is 0.000483. The number of ether oxygens (including phenoxy) is 2. The van der Waals surface area contributed by atoms with E-state index < -0.39 is 5.60 Å². The molecule has 1 aliphatic rings. The van der Waals surface area contributed by atoms with Crippen LogP contribution in [0, 0.1) is 0 Å². The summed E-state index contributed by atoms with van der Waals surface area (Å²) in [5.41, 5.74) is 0.692. The first kappa shape index (κ1) is 19.1. The molecule has 1 aliphatic heterocycles. The van der Waals surface area contributed by atoms with Crippen molar-refractivity contribution in [3.63, 3.8) is 0 Å². The van der Waals surface area contributed by atoms with Gasteiger partial charge in [-0.3, -0.25) is 4.90 Å². The molecule has 1 aromatic carbocycles. The summed E-state index contributed by atoms with van der Waals surface area (Å²) >= 11 is 3.47. The van der Waals surface area contributed by atoms with Crippen LogP contribution in [0.25, 0.3) is 0 Å². The largest absolute Gasteiger partial charge is 0.496 e. The molecule has 1 fully saturated rings. The number of rotatable bonds is 3. The summed E-state index contributed by atoms with van der Waals surface area (Å²) in [4.78, 5) is 16.5. The van der Waals surface area contributed by atoms with Crippen LogP contribution in [-0.2, 0) is 11.3 Å². The zero-order chi connectivity index (χ0) is 17.9. The second kappa shape index (κ2) is 7.74. The lowest BCUT2D eigenvalue weighted by atomic mass is 10.1. The molecule has 0 bridgehead atoms. The SMILES string of the molecule is COc1cc(Br)ccc1CN1CCN(C(=O)OC(C)(C)C)[C@@H](C)C1. The highest BCUT2D eigenvalue weighted by Gasteiger charge is 2.30. The van der Waals surface area contributed by atoms with Gasteiger partial charge in [-0.25, -0.2) is 4.79 Å². The Hall–Kier alpha value is -1.27. The van der Waals surface area contributed by atoms with Gasteiger partial charge in [0.1, 0.15) is 11.4 Å². The molecule has 2 rings (SSSR count). The number of carbonyl (C=O) groups is 1. The summed E-state index contributed by atoms with van der Waals surface area (Å²) in [6, 6.07) is 6.21. The molecule has 0 radical (unpaired) electrons. The quantitative estimate of drug-likeness (QED) is 0.773.